The first kappa shape index (κ1) is 14.0. The Morgan fingerprint density at radius 2 is 1.29 bits per heavy atom. The van der Waals surface area contributed by atoms with Crippen LogP contribution in [-0.2, 0) is 9.59 Å². The molecule has 17 heavy (non-hydrogen) atoms. The molecule has 0 N–H and O–H groups in total. The maximum absolute atomic E-state index is 11.8. The average Bonchev–Trinajstić information content (AvgIpc) is 2.82. The predicted molar refractivity (Wildman–Crippen MR) is 67.3 cm³/mol. The van der Waals surface area contributed by atoms with Crippen molar-refractivity contribution in [2.45, 2.75) is 52.4 Å². The average molecular weight is 240 g/mol. The molecular weight excluding hydrogens is 216 g/mol. The fraction of sp³-hybridized carbons (Fsp3) is 0.846. The van der Waals surface area contributed by atoms with Crippen molar-refractivity contribution in [3.05, 3.63) is 0 Å². The van der Waals surface area contributed by atoms with Gasteiger partial charge < -0.3 is 9.80 Å². The van der Waals surface area contributed by atoms with E-state index in [0.29, 0.717) is 32.6 Å². The van der Waals surface area contributed by atoms with Crippen LogP contribution in [-0.4, -0.2) is 41.4 Å². The van der Waals surface area contributed by atoms with Gasteiger partial charge in [-0.3, -0.25) is 9.59 Å². The van der Waals surface area contributed by atoms with Gasteiger partial charge in [0.1, 0.15) is 0 Å². The fourth-order valence-electron chi connectivity index (χ4n) is 1.97. The van der Waals surface area contributed by atoms with Crippen molar-refractivity contribution in [2.24, 2.45) is 0 Å². The highest BCUT2D eigenvalue weighted by molar-refractivity contribution is 5.79. The van der Waals surface area contributed by atoms with Gasteiger partial charge in [-0.05, 0) is 12.8 Å². The zero-order valence-corrected chi connectivity index (χ0v) is 11.1. The molecule has 0 radical (unpaired) electrons. The van der Waals surface area contributed by atoms with Crippen molar-refractivity contribution in [3.8, 4) is 0 Å². The van der Waals surface area contributed by atoms with E-state index < -0.39 is 0 Å². The summed E-state index contributed by atoms with van der Waals surface area (Å²) in [6, 6.07) is 0. The Labute approximate surface area is 104 Å². The lowest BCUT2D eigenvalue weighted by molar-refractivity contribution is -0.134. The number of rotatable bonds is 6. The summed E-state index contributed by atoms with van der Waals surface area (Å²) in [5.41, 5.74) is 0. The van der Waals surface area contributed by atoms with E-state index in [1.807, 2.05) is 0 Å². The lowest BCUT2D eigenvalue weighted by Crippen LogP contribution is -2.33. The number of hydrogen-bond acceptors (Lipinski definition) is 2. The van der Waals surface area contributed by atoms with E-state index >= 15 is 0 Å². The molecule has 1 saturated heterocycles. The molecule has 0 spiro atoms. The SMILES string of the molecule is CCCCC(=O)N1CCN(C(=O)CCCC)C1. The van der Waals surface area contributed by atoms with Crippen LogP contribution in [0.25, 0.3) is 0 Å². The standard InChI is InChI=1S/C13H24N2O2/c1-3-5-7-12(16)14-9-10-15(11-14)13(17)8-6-4-2/h3-11H2,1-2H3. The smallest absolute Gasteiger partial charge is 0.224 e. The molecule has 0 atom stereocenters. The van der Waals surface area contributed by atoms with E-state index in [1.54, 1.807) is 9.80 Å². The van der Waals surface area contributed by atoms with Gasteiger partial charge in [-0.25, -0.2) is 0 Å². The first-order chi connectivity index (χ1) is 8.19. The number of nitrogens with zero attached hydrogens (tertiary/aromatic N) is 2. The Kier molecular flexibility index (Phi) is 6.01. The molecule has 0 bridgehead atoms. The lowest BCUT2D eigenvalue weighted by atomic mass is 10.2. The number of carbonyl (C=O) groups is 2. The van der Waals surface area contributed by atoms with Gasteiger partial charge in [-0.2, -0.15) is 0 Å². The molecule has 0 aliphatic carbocycles. The molecule has 0 aromatic carbocycles. The van der Waals surface area contributed by atoms with E-state index in [1.165, 1.54) is 0 Å². The largest absolute Gasteiger partial charge is 0.323 e. The molecule has 1 rings (SSSR count). The minimum atomic E-state index is 0.192. The molecule has 0 saturated carbocycles. The van der Waals surface area contributed by atoms with Gasteiger partial charge in [0.05, 0.1) is 6.67 Å². The third kappa shape index (κ3) is 4.36. The lowest BCUT2D eigenvalue weighted by Gasteiger charge is -2.18. The Bertz CT molecular complexity index is 240. The summed E-state index contributed by atoms with van der Waals surface area (Å²) in [5, 5.41) is 0. The quantitative estimate of drug-likeness (QED) is 0.712. The van der Waals surface area contributed by atoms with Crippen LogP contribution in [0.1, 0.15) is 52.4 Å². The zero-order valence-electron chi connectivity index (χ0n) is 11.1. The minimum Gasteiger partial charge on any atom is -0.323 e. The summed E-state index contributed by atoms with van der Waals surface area (Å²) in [6.07, 6.45) is 5.21. The van der Waals surface area contributed by atoms with Crippen molar-refractivity contribution < 1.29 is 9.59 Å². The summed E-state index contributed by atoms with van der Waals surface area (Å²) in [6.45, 7) is 6.08. The molecule has 1 aliphatic rings. The van der Waals surface area contributed by atoms with Gasteiger partial charge in [0, 0.05) is 25.9 Å². The van der Waals surface area contributed by atoms with Crippen LogP contribution in [0.5, 0.6) is 0 Å². The van der Waals surface area contributed by atoms with Gasteiger partial charge in [0.2, 0.25) is 11.8 Å². The first-order valence-electron chi connectivity index (χ1n) is 6.74. The molecule has 1 heterocycles. The van der Waals surface area contributed by atoms with Crippen LogP contribution < -0.4 is 0 Å². The minimum absolute atomic E-state index is 0.192. The molecular formula is C13H24N2O2. The third-order valence-corrected chi connectivity index (χ3v) is 3.18. The fourth-order valence-corrected chi connectivity index (χ4v) is 1.97. The number of carbonyl (C=O) groups excluding carboxylic acids is 2. The zero-order chi connectivity index (χ0) is 12.7. The summed E-state index contributed by atoms with van der Waals surface area (Å²) in [4.78, 5) is 27.2. The number of unbranched alkanes of at least 4 members (excludes halogenated alkanes) is 2. The van der Waals surface area contributed by atoms with Crippen molar-refractivity contribution in [3.63, 3.8) is 0 Å². The van der Waals surface area contributed by atoms with Crippen LogP contribution in [0.4, 0.5) is 0 Å². The predicted octanol–water partition coefficient (Wildman–Crippen LogP) is 2.00. The summed E-state index contributed by atoms with van der Waals surface area (Å²) >= 11 is 0. The summed E-state index contributed by atoms with van der Waals surface area (Å²) < 4.78 is 0. The van der Waals surface area contributed by atoms with E-state index in [0.717, 1.165) is 25.7 Å². The normalized spacial score (nSPS) is 15.4. The van der Waals surface area contributed by atoms with Gasteiger partial charge in [0.25, 0.3) is 0 Å². The van der Waals surface area contributed by atoms with Crippen molar-refractivity contribution in [2.75, 3.05) is 19.8 Å². The highest BCUT2D eigenvalue weighted by Crippen LogP contribution is 2.11. The Hall–Kier alpha value is -1.06. The van der Waals surface area contributed by atoms with Gasteiger partial charge in [-0.15, -0.1) is 0 Å². The topological polar surface area (TPSA) is 40.6 Å². The van der Waals surface area contributed by atoms with Crippen LogP contribution in [0.2, 0.25) is 0 Å². The second-order valence-corrected chi connectivity index (χ2v) is 4.66. The first-order valence-corrected chi connectivity index (χ1v) is 6.74. The molecule has 2 amide bonds. The van der Waals surface area contributed by atoms with Crippen LogP contribution >= 0.6 is 0 Å². The van der Waals surface area contributed by atoms with E-state index in [4.69, 9.17) is 0 Å². The Morgan fingerprint density at radius 3 is 1.65 bits per heavy atom. The number of hydrogen-bond donors (Lipinski definition) is 0. The summed E-state index contributed by atoms with van der Waals surface area (Å²) in [7, 11) is 0. The summed E-state index contributed by atoms with van der Waals surface area (Å²) in [5.74, 6) is 0.385. The second-order valence-electron chi connectivity index (χ2n) is 4.66. The molecule has 0 unspecified atom stereocenters. The second kappa shape index (κ2) is 7.30. The number of amides is 2. The Balaban J connectivity index is 2.31. The van der Waals surface area contributed by atoms with Crippen molar-refractivity contribution in [1.29, 1.82) is 0 Å². The van der Waals surface area contributed by atoms with Gasteiger partial charge in [-0.1, -0.05) is 26.7 Å². The monoisotopic (exact) mass is 240 g/mol. The molecule has 4 heteroatoms. The highest BCUT2D eigenvalue weighted by atomic mass is 16.2. The van der Waals surface area contributed by atoms with E-state index in [9.17, 15) is 9.59 Å². The van der Waals surface area contributed by atoms with E-state index in [-0.39, 0.29) is 11.8 Å². The van der Waals surface area contributed by atoms with Crippen molar-refractivity contribution in [1.82, 2.24) is 9.80 Å². The van der Waals surface area contributed by atoms with Crippen LogP contribution in [0, 0.1) is 0 Å². The third-order valence-electron chi connectivity index (χ3n) is 3.18. The van der Waals surface area contributed by atoms with Gasteiger partial charge >= 0.3 is 0 Å². The molecule has 98 valence electrons. The molecule has 1 aliphatic heterocycles. The van der Waals surface area contributed by atoms with Gasteiger partial charge in [0.15, 0.2) is 0 Å². The molecule has 0 aromatic heterocycles. The Morgan fingerprint density at radius 1 is 0.882 bits per heavy atom. The highest BCUT2D eigenvalue weighted by Gasteiger charge is 2.26. The maximum atomic E-state index is 11.8. The van der Waals surface area contributed by atoms with E-state index in [2.05, 4.69) is 13.8 Å². The van der Waals surface area contributed by atoms with Crippen molar-refractivity contribution >= 4 is 11.8 Å². The maximum Gasteiger partial charge on any atom is 0.224 e. The van der Waals surface area contributed by atoms with Crippen LogP contribution in [0.15, 0.2) is 0 Å². The molecule has 4 nitrogen and oxygen atoms in total. The van der Waals surface area contributed by atoms with Crippen LogP contribution in [0.3, 0.4) is 0 Å². The molecule has 1 fully saturated rings. The molecule has 0 aromatic rings.